The molecule has 1 aliphatic carbocycles. The van der Waals surface area contributed by atoms with E-state index in [4.69, 9.17) is 20.9 Å². The third-order valence-electron chi connectivity index (χ3n) is 3.78. The van der Waals surface area contributed by atoms with Gasteiger partial charge in [-0.3, -0.25) is 0 Å². The summed E-state index contributed by atoms with van der Waals surface area (Å²) in [4.78, 5) is 0. The summed E-state index contributed by atoms with van der Waals surface area (Å²) in [6, 6.07) is 11.7. The molecule has 0 amide bonds. The molecular formula is C15H14N2O2. The zero-order valence-corrected chi connectivity index (χ0v) is 10.3. The van der Waals surface area contributed by atoms with Crippen LogP contribution >= 0.6 is 0 Å². The molecule has 0 radical (unpaired) electrons. The fourth-order valence-corrected chi connectivity index (χ4v) is 3.01. The van der Waals surface area contributed by atoms with Crippen LogP contribution in [0.5, 0.6) is 0 Å². The van der Waals surface area contributed by atoms with E-state index in [2.05, 4.69) is 0 Å². The van der Waals surface area contributed by atoms with Gasteiger partial charge in [0.05, 0.1) is 13.2 Å². The third-order valence-corrected chi connectivity index (χ3v) is 3.78. The highest BCUT2D eigenvalue weighted by Gasteiger charge is 2.48. The molecule has 0 atom stereocenters. The lowest BCUT2D eigenvalue weighted by Crippen LogP contribution is -2.26. The maximum Gasteiger partial charge on any atom is 0.223 e. The van der Waals surface area contributed by atoms with Crippen LogP contribution in [0.1, 0.15) is 11.1 Å². The molecular weight excluding hydrogens is 240 g/mol. The summed E-state index contributed by atoms with van der Waals surface area (Å²) < 4.78 is 11.9. The first kappa shape index (κ1) is 10.8. The van der Waals surface area contributed by atoms with Gasteiger partial charge < -0.3 is 20.9 Å². The van der Waals surface area contributed by atoms with Crippen LogP contribution in [0.15, 0.2) is 36.4 Å². The van der Waals surface area contributed by atoms with E-state index in [0.717, 1.165) is 22.3 Å². The van der Waals surface area contributed by atoms with Crippen LogP contribution in [-0.2, 0) is 15.3 Å². The van der Waals surface area contributed by atoms with Gasteiger partial charge in [0.25, 0.3) is 0 Å². The number of rotatable bonds is 0. The summed E-state index contributed by atoms with van der Waals surface area (Å²) in [6.07, 6.45) is 0. The Morgan fingerprint density at radius 2 is 1.26 bits per heavy atom. The molecule has 0 unspecified atom stereocenters. The summed E-state index contributed by atoms with van der Waals surface area (Å²) in [5.74, 6) is -0.824. The maximum absolute atomic E-state index is 5.93. The Kier molecular flexibility index (Phi) is 2.00. The van der Waals surface area contributed by atoms with E-state index in [9.17, 15) is 0 Å². The van der Waals surface area contributed by atoms with Gasteiger partial charge in [-0.1, -0.05) is 12.1 Å². The van der Waals surface area contributed by atoms with Crippen LogP contribution in [0, 0.1) is 0 Å². The highest BCUT2D eigenvalue weighted by atomic mass is 16.7. The van der Waals surface area contributed by atoms with Crippen LogP contribution in [0.4, 0.5) is 11.4 Å². The molecule has 0 aromatic heterocycles. The lowest BCUT2D eigenvalue weighted by atomic mass is 10.0. The van der Waals surface area contributed by atoms with Crippen molar-refractivity contribution < 1.29 is 9.47 Å². The first-order valence-corrected chi connectivity index (χ1v) is 6.29. The Hall–Kier alpha value is -2.04. The fraction of sp³-hybridized carbons (Fsp3) is 0.200. The van der Waals surface area contributed by atoms with Crippen molar-refractivity contribution in [2.45, 2.75) is 5.79 Å². The van der Waals surface area contributed by atoms with Crippen molar-refractivity contribution in [1.82, 2.24) is 0 Å². The van der Waals surface area contributed by atoms with Crippen LogP contribution in [0.25, 0.3) is 11.1 Å². The van der Waals surface area contributed by atoms with Gasteiger partial charge in [0.15, 0.2) is 0 Å². The molecule has 4 N–H and O–H groups in total. The van der Waals surface area contributed by atoms with Crippen LogP contribution in [0.2, 0.25) is 0 Å². The average Bonchev–Trinajstić information content (AvgIpc) is 2.97. The minimum Gasteiger partial charge on any atom is -0.399 e. The number of hydrogen-bond acceptors (Lipinski definition) is 4. The van der Waals surface area contributed by atoms with Crippen LogP contribution in [0.3, 0.4) is 0 Å². The highest BCUT2D eigenvalue weighted by Crippen LogP contribution is 2.52. The van der Waals surface area contributed by atoms with E-state index in [1.54, 1.807) is 0 Å². The molecule has 1 heterocycles. The molecule has 19 heavy (non-hydrogen) atoms. The Labute approximate surface area is 110 Å². The molecule has 2 aliphatic rings. The smallest absolute Gasteiger partial charge is 0.223 e. The molecule has 1 fully saturated rings. The number of ether oxygens (including phenoxy) is 2. The molecule has 2 aromatic carbocycles. The summed E-state index contributed by atoms with van der Waals surface area (Å²) in [6.45, 7) is 1.14. The van der Waals surface area contributed by atoms with Gasteiger partial charge in [-0.05, 0) is 35.4 Å². The van der Waals surface area contributed by atoms with Gasteiger partial charge in [0, 0.05) is 22.5 Å². The third kappa shape index (κ3) is 1.30. The zero-order chi connectivity index (χ0) is 13.0. The average molecular weight is 254 g/mol. The topological polar surface area (TPSA) is 70.5 Å². The summed E-state index contributed by atoms with van der Waals surface area (Å²) in [5, 5.41) is 0. The monoisotopic (exact) mass is 254 g/mol. The van der Waals surface area contributed by atoms with Crippen molar-refractivity contribution in [1.29, 1.82) is 0 Å². The molecule has 4 rings (SSSR count). The Balaban J connectivity index is 2.07. The minimum absolute atomic E-state index is 0.572. The molecule has 1 aliphatic heterocycles. The number of nitrogen functional groups attached to an aromatic ring is 2. The minimum atomic E-state index is -0.824. The lowest BCUT2D eigenvalue weighted by Gasteiger charge is -2.24. The van der Waals surface area contributed by atoms with Gasteiger partial charge in [-0.15, -0.1) is 0 Å². The molecule has 4 heteroatoms. The van der Waals surface area contributed by atoms with E-state index >= 15 is 0 Å². The van der Waals surface area contributed by atoms with Crippen LogP contribution < -0.4 is 11.5 Å². The van der Waals surface area contributed by atoms with E-state index in [1.165, 1.54) is 0 Å². The predicted octanol–water partition coefficient (Wildman–Crippen LogP) is 2.08. The number of anilines is 2. The van der Waals surface area contributed by atoms with Crippen LogP contribution in [-0.4, -0.2) is 13.2 Å². The standard InChI is InChI=1S/C15H14N2O2/c16-9-1-3-11-12-4-2-10(17)8-14(12)15(13(11)7-9)18-5-6-19-15/h1-4,7-8H,5-6,16-17H2. The number of hydrogen-bond donors (Lipinski definition) is 2. The van der Waals surface area contributed by atoms with Crippen molar-refractivity contribution in [2.24, 2.45) is 0 Å². The van der Waals surface area contributed by atoms with E-state index in [-0.39, 0.29) is 0 Å². The highest BCUT2D eigenvalue weighted by molar-refractivity contribution is 5.82. The molecule has 0 bridgehead atoms. The van der Waals surface area contributed by atoms with E-state index in [0.29, 0.717) is 24.6 Å². The Morgan fingerprint density at radius 1 is 0.789 bits per heavy atom. The summed E-state index contributed by atoms with van der Waals surface area (Å²) in [7, 11) is 0. The number of benzene rings is 2. The molecule has 2 aromatic rings. The molecule has 4 nitrogen and oxygen atoms in total. The van der Waals surface area contributed by atoms with Crippen molar-refractivity contribution in [3.63, 3.8) is 0 Å². The normalized spacial score (nSPS) is 18.5. The molecule has 0 saturated carbocycles. The fourth-order valence-electron chi connectivity index (χ4n) is 3.01. The molecule has 1 saturated heterocycles. The van der Waals surface area contributed by atoms with Crippen molar-refractivity contribution in [3.05, 3.63) is 47.5 Å². The van der Waals surface area contributed by atoms with E-state index in [1.807, 2.05) is 36.4 Å². The zero-order valence-electron chi connectivity index (χ0n) is 10.3. The molecule has 1 spiro atoms. The Morgan fingerprint density at radius 3 is 1.74 bits per heavy atom. The molecule has 96 valence electrons. The SMILES string of the molecule is Nc1ccc2c(c1)C1(OCCO1)c1cc(N)ccc1-2. The van der Waals surface area contributed by atoms with Crippen molar-refractivity contribution in [2.75, 3.05) is 24.7 Å². The number of fused-ring (bicyclic) bond motifs is 5. The van der Waals surface area contributed by atoms with E-state index < -0.39 is 5.79 Å². The van der Waals surface area contributed by atoms with Gasteiger partial charge in [0.2, 0.25) is 5.79 Å². The quantitative estimate of drug-likeness (QED) is 0.706. The Bertz CT molecular complexity index is 622. The predicted molar refractivity (Wildman–Crippen MR) is 73.4 cm³/mol. The largest absolute Gasteiger partial charge is 0.399 e. The second-order valence-corrected chi connectivity index (χ2v) is 4.92. The maximum atomic E-state index is 5.93. The number of nitrogens with two attached hydrogens (primary N) is 2. The first-order valence-electron chi connectivity index (χ1n) is 6.29. The van der Waals surface area contributed by atoms with Gasteiger partial charge in [0.1, 0.15) is 0 Å². The lowest BCUT2D eigenvalue weighted by molar-refractivity contribution is -0.126. The summed E-state index contributed by atoms with van der Waals surface area (Å²) in [5.41, 5.74) is 17.4. The second-order valence-electron chi connectivity index (χ2n) is 4.92. The van der Waals surface area contributed by atoms with Crippen molar-refractivity contribution in [3.8, 4) is 11.1 Å². The second kappa shape index (κ2) is 3.50. The van der Waals surface area contributed by atoms with Gasteiger partial charge in [-0.2, -0.15) is 0 Å². The first-order chi connectivity index (χ1) is 9.21. The van der Waals surface area contributed by atoms with Gasteiger partial charge in [-0.25, -0.2) is 0 Å². The van der Waals surface area contributed by atoms with Gasteiger partial charge >= 0.3 is 0 Å². The summed E-state index contributed by atoms with van der Waals surface area (Å²) >= 11 is 0. The van der Waals surface area contributed by atoms with Crippen molar-refractivity contribution >= 4 is 11.4 Å².